The molecule has 0 unspecified atom stereocenters. The second-order valence-corrected chi connectivity index (χ2v) is 8.69. The number of nitriles is 1. The van der Waals surface area contributed by atoms with Crippen LogP contribution in [0.25, 0.3) is 10.9 Å². The van der Waals surface area contributed by atoms with Gasteiger partial charge < -0.3 is 25.4 Å². The fourth-order valence-electron chi connectivity index (χ4n) is 3.75. The molecule has 0 spiro atoms. The van der Waals surface area contributed by atoms with Crippen LogP contribution in [0.5, 0.6) is 11.5 Å². The fourth-order valence-corrected chi connectivity index (χ4v) is 3.98. The van der Waals surface area contributed by atoms with Crippen molar-refractivity contribution in [3.63, 3.8) is 0 Å². The van der Waals surface area contributed by atoms with E-state index >= 15 is 0 Å². The predicted molar refractivity (Wildman–Crippen MR) is 160 cm³/mol. The van der Waals surface area contributed by atoms with Crippen molar-refractivity contribution >= 4 is 57.9 Å². The Morgan fingerprint density at radius 3 is 2.67 bits per heavy atom. The predicted octanol–water partition coefficient (Wildman–Crippen LogP) is 6.01. The Labute approximate surface area is 243 Å². The molecule has 0 saturated heterocycles. The molecule has 2 aromatic carbocycles. The highest BCUT2D eigenvalue weighted by atomic mass is 35.5. The number of nitrogens with one attached hydrogen (secondary N) is 3. The lowest BCUT2D eigenvalue weighted by Crippen LogP contribution is -2.11. The van der Waals surface area contributed by atoms with Crippen molar-refractivity contribution in [1.82, 2.24) is 15.3 Å². The van der Waals surface area contributed by atoms with E-state index in [0.29, 0.717) is 63.2 Å². The second kappa shape index (κ2) is 14.7. The number of benzene rings is 2. The van der Waals surface area contributed by atoms with Gasteiger partial charge in [0, 0.05) is 42.2 Å². The molecule has 2 heterocycles. The number of ether oxygens (including phenoxy) is 2. The first-order valence-electron chi connectivity index (χ1n) is 12.2. The van der Waals surface area contributed by atoms with E-state index in [1.54, 1.807) is 49.7 Å². The molecule has 3 N–H and O–H groups in total. The van der Waals surface area contributed by atoms with Crippen molar-refractivity contribution in [2.24, 2.45) is 0 Å². The zero-order chi connectivity index (χ0) is 27.6. The highest BCUT2D eigenvalue weighted by Crippen LogP contribution is 2.37. The summed E-state index contributed by atoms with van der Waals surface area (Å²) in [4.78, 5) is 21.2. The summed E-state index contributed by atoms with van der Waals surface area (Å²) in [7, 11) is 1.79. The van der Waals surface area contributed by atoms with Crippen LogP contribution in [-0.4, -0.2) is 36.1 Å². The maximum absolute atomic E-state index is 12.5. The molecule has 11 heteroatoms. The van der Waals surface area contributed by atoms with E-state index in [9.17, 15) is 10.1 Å². The summed E-state index contributed by atoms with van der Waals surface area (Å²) < 4.78 is 11.6. The molecule has 0 aliphatic rings. The summed E-state index contributed by atoms with van der Waals surface area (Å²) in [5, 5.41) is 19.9. The average molecular weight is 579 g/mol. The number of carbonyl (C=O) groups excluding carboxylic acids is 1. The standard InChI is InChI=1S/C29H27ClN6O3.ClH/c1-3-38-27-15-24-22(14-25(27)36-28(37)8-6-11-32-2)29(19(16-31)17-34-24)35-20-9-10-26(23(30)13-20)39-18-21-7-4-5-12-33-21;/h4-10,12-15,17,32H,3,11,18H2,1-2H3,(H,34,35)(H,36,37);1H/b8-6+;. The number of halogens is 2. The molecule has 0 radical (unpaired) electrons. The average Bonchev–Trinajstić information content (AvgIpc) is 2.94. The van der Waals surface area contributed by atoms with Gasteiger partial charge in [-0.05, 0) is 50.4 Å². The number of anilines is 3. The Morgan fingerprint density at radius 1 is 1.12 bits per heavy atom. The molecule has 1 amide bonds. The molecule has 40 heavy (non-hydrogen) atoms. The van der Waals surface area contributed by atoms with Crippen LogP contribution in [0.15, 0.2) is 73.1 Å². The lowest BCUT2D eigenvalue weighted by molar-refractivity contribution is -0.111. The van der Waals surface area contributed by atoms with Crippen molar-refractivity contribution in [2.75, 3.05) is 30.8 Å². The summed E-state index contributed by atoms with van der Waals surface area (Å²) >= 11 is 6.51. The number of hydrogen-bond donors (Lipinski definition) is 3. The van der Waals surface area contributed by atoms with Gasteiger partial charge in [-0.25, -0.2) is 0 Å². The maximum Gasteiger partial charge on any atom is 0.248 e. The molecule has 4 aromatic rings. The van der Waals surface area contributed by atoms with Gasteiger partial charge in [-0.2, -0.15) is 5.26 Å². The molecular weight excluding hydrogens is 551 g/mol. The van der Waals surface area contributed by atoms with Gasteiger partial charge in [-0.1, -0.05) is 23.7 Å². The van der Waals surface area contributed by atoms with Gasteiger partial charge in [0.2, 0.25) is 5.91 Å². The highest BCUT2D eigenvalue weighted by molar-refractivity contribution is 6.32. The van der Waals surface area contributed by atoms with Gasteiger partial charge in [-0.15, -0.1) is 12.4 Å². The number of carbonyl (C=O) groups is 1. The Kier molecular flexibility index (Phi) is 11.1. The molecule has 0 aliphatic heterocycles. The van der Waals surface area contributed by atoms with Crippen LogP contribution in [0.2, 0.25) is 5.02 Å². The quantitative estimate of drug-likeness (QED) is 0.185. The number of amides is 1. The zero-order valence-electron chi connectivity index (χ0n) is 21.9. The minimum atomic E-state index is -0.308. The van der Waals surface area contributed by atoms with E-state index in [0.717, 1.165) is 5.69 Å². The Hall–Kier alpha value is -4.36. The molecule has 0 atom stereocenters. The van der Waals surface area contributed by atoms with E-state index in [2.05, 4.69) is 32.0 Å². The first kappa shape index (κ1) is 30.2. The van der Waals surface area contributed by atoms with Crippen molar-refractivity contribution in [1.29, 1.82) is 5.26 Å². The molecule has 2 aromatic heterocycles. The van der Waals surface area contributed by atoms with Crippen molar-refractivity contribution in [3.05, 3.63) is 89.4 Å². The highest BCUT2D eigenvalue weighted by Gasteiger charge is 2.16. The van der Waals surface area contributed by atoms with Crippen LogP contribution in [0.1, 0.15) is 18.2 Å². The third-order valence-corrected chi connectivity index (χ3v) is 5.84. The Morgan fingerprint density at radius 2 is 1.98 bits per heavy atom. The molecule has 0 aliphatic carbocycles. The minimum absolute atomic E-state index is 0. The molecule has 4 rings (SSSR count). The van der Waals surface area contributed by atoms with Gasteiger partial charge >= 0.3 is 0 Å². The Balaban J connectivity index is 0.00000441. The Bertz CT molecular complexity index is 1540. The summed E-state index contributed by atoms with van der Waals surface area (Å²) in [5.41, 5.74) is 3.31. The molecule has 206 valence electrons. The van der Waals surface area contributed by atoms with Crippen LogP contribution in [0.3, 0.4) is 0 Å². The lowest BCUT2D eigenvalue weighted by atomic mass is 10.1. The fraction of sp³-hybridized carbons (Fsp3) is 0.172. The summed E-state index contributed by atoms with van der Waals surface area (Å²) in [6.07, 6.45) is 6.35. The van der Waals surface area contributed by atoms with E-state index in [1.165, 1.54) is 12.3 Å². The largest absolute Gasteiger partial charge is 0.492 e. The van der Waals surface area contributed by atoms with Gasteiger partial charge in [0.15, 0.2) is 0 Å². The number of hydrogen-bond acceptors (Lipinski definition) is 8. The van der Waals surface area contributed by atoms with Crippen LogP contribution in [0, 0.1) is 11.3 Å². The molecule has 0 fully saturated rings. The second-order valence-electron chi connectivity index (χ2n) is 8.29. The molecule has 0 saturated carbocycles. The summed E-state index contributed by atoms with van der Waals surface area (Å²) in [5.74, 6) is 0.671. The smallest absolute Gasteiger partial charge is 0.248 e. The van der Waals surface area contributed by atoms with Gasteiger partial charge in [0.1, 0.15) is 24.2 Å². The SMILES string of the molecule is CCOc1cc2ncc(C#N)c(Nc3ccc(OCc4ccccn4)c(Cl)c3)c2cc1NC(=O)/C=C/CNC.Cl. The first-order chi connectivity index (χ1) is 19.0. The van der Waals surface area contributed by atoms with Crippen molar-refractivity contribution < 1.29 is 14.3 Å². The third kappa shape index (κ3) is 7.61. The van der Waals surface area contributed by atoms with Crippen LogP contribution >= 0.6 is 24.0 Å². The topological polar surface area (TPSA) is 121 Å². The summed E-state index contributed by atoms with van der Waals surface area (Å²) in [6.45, 7) is 3.10. The number of fused-ring (bicyclic) bond motifs is 1. The van der Waals surface area contributed by atoms with Crippen molar-refractivity contribution in [3.8, 4) is 17.6 Å². The van der Waals surface area contributed by atoms with E-state index in [1.807, 2.05) is 25.1 Å². The number of pyridine rings is 2. The number of aromatic nitrogens is 2. The van der Waals surface area contributed by atoms with Crippen LogP contribution < -0.4 is 25.4 Å². The van der Waals surface area contributed by atoms with Gasteiger partial charge in [-0.3, -0.25) is 14.8 Å². The monoisotopic (exact) mass is 578 g/mol. The van der Waals surface area contributed by atoms with Gasteiger partial charge in [0.25, 0.3) is 0 Å². The lowest BCUT2D eigenvalue weighted by Gasteiger charge is -2.16. The zero-order valence-corrected chi connectivity index (χ0v) is 23.5. The van der Waals surface area contributed by atoms with E-state index < -0.39 is 0 Å². The minimum Gasteiger partial charge on any atom is -0.492 e. The number of likely N-dealkylation sites (N-methyl/N-ethyl adjacent to an activating group) is 1. The first-order valence-corrected chi connectivity index (χ1v) is 12.6. The van der Waals surface area contributed by atoms with Crippen molar-refractivity contribution in [2.45, 2.75) is 13.5 Å². The van der Waals surface area contributed by atoms with Crippen LogP contribution in [-0.2, 0) is 11.4 Å². The molecule has 0 bridgehead atoms. The van der Waals surface area contributed by atoms with E-state index in [4.69, 9.17) is 21.1 Å². The van der Waals surface area contributed by atoms with Crippen LogP contribution in [0.4, 0.5) is 17.1 Å². The van der Waals surface area contributed by atoms with E-state index in [-0.39, 0.29) is 24.9 Å². The third-order valence-electron chi connectivity index (χ3n) is 5.54. The molecule has 9 nitrogen and oxygen atoms in total. The number of nitrogens with zero attached hydrogens (tertiary/aromatic N) is 3. The maximum atomic E-state index is 12.5. The number of rotatable bonds is 11. The summed E-state index contributed by atoms with van der Waals surface area (Å²) in [6, 6.07) is 16.5. The normalized spacial score (nSPS) is 10.6. The molecular formula is C29H28Cl2N6O3. The van der Waals surface area contributed by atoms with Gasteiger partial charge in [0.05, 0.1) is 39.8 Å².